The second kappa shape index (κ2) is 5.29. The van der Waals surface area contributed by atoms with E-state index in [1.807, 2.05) is 12.1 Å². The van der Waals surface area contributed by atoms with Crippen molar-refractivity contribution >= 4 is 23.0 Å². The summed E-state index contributed by atoms with van der Waals surface area (Å²) in [6.07, 6.45) is 2.46. The molecule has 2 rings (SSSR count). The Kier molecular flexibility index (Phi) is 3.75. The van der Waals surface area contributed by atoms with Crippen LogP contribution in [-0.4, -0.2) is 12.5 Å². The summed E-state index contributed by atoms with van der Waals surface area (Å²) in [4.78, 5) is 11.4. The molecule has 1 heterocycles. The number of benzene rings is 1. The lowest BCUT2D eigenvalue weighted by Crippen LogP contribution is -2.20. The first-order valence-electron chi connectivity index (χ1n) is 6.56. The van der Waals surface area contributed by atoms with Crippen molar-refractivity contribution in [2.24, 2.45) is 5.92 Å². The third kappa shape index (κ3) is 2.75. The first kappa shape index (κ1) is 12.7. The molecule has 98 valence electrons. The Hall–Kier alpha value is -1.71. The van der Waals surface area contributed by atoms with Crippen molar-refractivity contribution in [3.05, 3.63) is 17.7 Å². The normalized spacial score (nSPS) is 15.8. The van der Waals surface area contributed by atoms with Gasteiger partial charge in [-0.1, -0.05) is 20.3 Å². The maximum atomic E-state index is 11.4. The number of carbonyl (C=O) groups is 1. The van der Waals surface area contributed by atoms with Crippen LogP contribution in [0.1, 0.15) is 32.3 Å². The number of aryl methyl sites for hydroxylation is 1. The molecule has 1 unspecified atom stereocenters. The van der Waals surface area contributed by atoms with Crippen molar-refractivity contribution in [1.82, 2.24) is 0 Å². The molecule has 1 aromatic carbocycles. The Bertz CT molecular complexity index is 457. The van der Waals surface area contributed by atoms with Crippen molar-refractivity contribution < 1.29 is 4.79 Å². The van der Waals surface area contributed by atoms with E-state index < -0.39 is 0 Å². The first-order valence-corrected chi connectivity index (χ1v) is 6.56. The molecule has 4 N–H and O–H groups in total. The second-order valence-electron chi connectivity index (χ2n) is 5.04. The van der Waals surface area contributed by atoms with Gasteiger partial charge in [-0.2, -0.15) is 0 Å². The van der Waals surface area contributed by atoms with E-state index in [0.29, 0.717) is 12.3 Å². The lowest BCUT2D eigenvalue weighted by Gasteiger charge is -2.20. The highest BCUT2D eigenvalue weighted by Gasteiger charge is 2.16. The number of rotatable bonds is 4. The minimum absolute atomic E-state index is 0.0835. The number of nitrogens with two attached hydrogens (primary N) is 1. The highest BCUT2D eigenvalue weighted by molar-refractivity contribution is 5.95. The Balaban J connectivity index is 2.16. The van der Waals surface area contributed by atoms with Crippen LogP contribution in [0.15, 0.2) is 12.1 Å². The molecule has 4 nitrogen and oxygen atoms in total. The summed E-state index contributed by atoms with van der Waals surface area (Å²) in [5, 5.41) is 6.25. The van der Waals surface area contributed by atoms with E-state index in [-0.39, 0.29) is 5.91 Å². The Morgan fingerprint density at radius 1 is 1.44 bits per heavy atom. The van der Waals surface area contributed by atoms with E-state index in [9.17, 15) is 4.79 Å². The van der Waals surface area contributed by atoms with Gasteiger partial charge in [0.15, 0.2) is 0 Å². The molecule has 4 heteroatoms. The SMILES string of the molecule is CCC(C)CNc1cc2c(cc1N)CCC(=O)N2. The molecule has 0 saturated carbocycles. The van der Waals surface area contributed by atoms with Crippen molar-refractivity contribution in [3.8, 4) is 0 Å². The van der Waals surface area contributed by atoms with Gasteiger partial charge in [0.05, 0.1) is 11.4 Å². The molecule has 0 bridgehead atoms. The van der Waals surface area contributed by atoms with Gasteiger partial charge in [0.1, 0.15) is 0 Å². The van der Waals surface area contributed by atoms with Crippen molar-refractivity contribution in [1.29, 1.82) is 0 Å². The third-order valence-corrected chi connectivity index (χ3v) is 3.51. The largest absolute Gasteiger partial charge is 0.397 e. The zero-order valence-electron chi connectivity index (χ0n) is 11.0. The molecule has 1 aliphatic rings. The number of carbonyl (C=O) groups excluding carboxylic acids is 1. The summed E-state index contributed by atoms with van der Waals surface area (Å²) in [6.45, 7) is 5.26. The summed E-state index contributed by atoms with van der Waals surface area (Å²) >= 11 is 0. The monoisotopic (exact) mass is 247 g/mol. The number of fused-ring (bicyclic) bond motifs is 1. The molecule has 0 spiro atoms. The van der Waals surface area contributed by atoms with Crippen molar-refractivity contribution in [3.63, 3.8) is 0 Å². The number of hydrogen-bond donors (Lipinski definition) is 3. The van der Waals surface area contributed by atoms with Crippen molar-refractivity contribution in [2.75, 3.05) is 22.9 Å². The summed E-state index contributed by atoms with van der Waals surface area (Å²) in [6, 6.07) is 3.91. The lowest BCUT2D eigenvalue weighted by atomic mass is 10.0. The fourth-order valence-corrected chi connectivity index (χ4v) is 2.03. The predicted octanol–water partition coefficient (Wildman–Crippen LogP) is 2.61. The third-order valence-electron chi connectivity index (χ3n) is 3.51. The summed E-state index contributed by atoms with van der Waals surface area (Å²) in [5.41, 5.74) is 9.72. The van der Waals surface area contributed by atoms with Gasteiger partial charge in [0.25, 0.3) is 0 Å². The van der Waals surface area contributed by atoms with Gasteiger partial charge in [-0.05, 0) is 30.0 Å². The molecule has 0 aromatic heterocycles. The molecule has 18 heavy (non-hydrogen) atoms. The average Bonchev–Trinajstić information content (AvgIpc) is 2.36. The quantitative estimate of drug-likeness (QED) is 0.716. The molecule has 0 aliphatic carbocycles. The van der Waals surface area contributed by atoms with Gasteiger partial charge in [-0.25, -0.2) is 0 Å². The zero-order valence-corrected chi connectivity index (χ0v) is 11.0. The smallest absolute Gasteiger partial charge is 0.224 e. The van der Waals surface area contributed by atoms with Crippen LogP contribution in [0.4, 0.5) is 17.1 Å². The highest BCUT2D eigenvalue weighted by atomic mass is 16.1. The molecular formula is C14H21N3O. The molecule has 1 aromatic rings. The summed E-state index contributed by atoms with van der Waals surface area (Å²) in [7, 11) is 0. The van der Waals surface area contributed by atoms with Crippen LogP contribution in [0.2, 0.25) is 0 Å². The van der Waals surface area contributed by atoms with E-state index in [1.165, 1.54) is 0 Å². The predicted molar refractivity (Wildman–Crippen MR) is 75.7 cm³/mol. The second-order valence-corrected chi connectivity index (χ2v) is 5.04. The van der Waals surface area contributed by atoms with Gasteiger partial charge in [0.2, 0.25) is 5.91 Å². The molecule has 0 fully saturated rings. The average molecular weight is 247 g/mol. The van der Waals surface area contributed by atoms with Gasteiger partial charge < -0.3 is 16.4 Å². The van der Waals surface area contributed by atoms with E-state index in [4.69, 9.17) is 5.73 Å². The van der Waals surface area contributed by atoms with Gasteiger partial charge >= 0.3 is 0 Å². The zero-order chi connectivity index (χ0) is 13.1. The lowest BCUT2D eigenvalue weighted by molar-refractivity contribution is -0.116. The Morgan fingerprint density at radius 2 is 2.22 bits per heavy atom. The number of hydrogen-bond acceptors (Lipinski definition) is 3. The summed E-state index contributed by atoms with van der Waals surface area (Å²) in [5.74, 6) is 0.690. The van der Waals surface area contributed by atoms with Gasteiger partial charge in [-0.15, -0.1) is 0 Å². The van der Waals surface area contributed by atoms with E-state index in [1.54, 1.807) is 0 Å². The summed E-state index contributed by atoms with van der Waals surface area (Å²) < 4.78 is 0. The molecule has 1 aliphatic heterocycles. The molecule has 0 radical (unpaired) electrons. The van der Waals surface area contributed by atoms with Crippen LogP contribution in [0.25, 0.3) is 0 Å². The van der Waals surface area contributed by atoms with E-state index >= 15 is 0 Å². The van der Waals surface area contributed by atoms with E-state index in [2.05, 4.69) is 24.5 Å². The number of anilines is 3. The minimum Gasteiger partial charge on any atom is -0.397 e. The number of nitrogens with one attached hydrogen (secondary N) is 2. The van der Waals surface area contributed by atoms with Crippen LogP contribution in [0.5, 0.6) is 0 Å². The standard InChI is InChI=1S/C14H21N3O/c1-3-9(2)8-16-13-7-12-10(6-11(13)15)4-5-14(18)17-12/h6-7,9,16H,3-5,8,15H2,1-2H3,(H,17,18). The Labute approximate surface area is 108 Å². The number of amides is 1. The van der Waals surface area contributed by atoms with Gasteiger partial charge in [-0.3, -0.25) is 4.79 Å². The van der Waals surface area contributed by atoms with Crippen LogP contribution >= 0.6 is 0 Å². The van der Waals surface area contributed by atoms with Gasteiger partial charge in [0, 0.05) is 18.7 Å². The molecule has 1 amide bonds. The van der Waals surface area contributed by atoms with E-state index in [0.717, 1.165) is 42.0 Å². The van der Waals surface area contributed by atoms with Crippen molar-refractivity contribution in [2.45, 2.75) is 33.1 Å². The maximum absolute atomic E-state index is 11.4. The topological polar surface area (TPSA) is 67.1 Å². The minimum atomic E-state index is 0.0835. The maximum Gasteiger partial charge on any atom is 0.224 e. The first-order chi connectivity index (χ1) is 8.60. The molecule has 1 atom stereocenters. The van der Waals surface area contributed by atoms with Crippen LogP contribution < -0.4 is 16.4 Å². The fourth-order valence-electron chi connectivity index (χ4n) is 2.03. The highest BCUT2D eigenvalue weighted by Crippen LogP contribution is 2.31. The molecule has 0 saturated heterocycles. The number of nitrogen functional groups attached to an aromatic ring is 1. The van der Waals surface area contributed by atoms with Crippen LogP contribution in [0, 0.1) is 5.92 Å². The van der Waals surface area contributed by atoms with Crippen LogP contribution in [-0.2, 0) is 11.2 Å². The fraction of sp³-hybridized carbons (Fsp3) is 0.500. The van der Waals surface area contributed by atoms with Crippen LogP contribution in [0.3, 0.4) is 0 Å². The molecular weight excluding hydrogens is 226 g/mol. The Morgan fingerprint density at radius 3 is 2.94 bits per heavy atom.